The molecule has 0 bridgehead atoms. The van der Waals surface area contributed by atoms with Gasteiger partial charge in [-0.25, -0.2) is 0 Å². The molecule has 0 saturated heterocycles. The Labute approximate surface area is 146 Å². The lowest BCUT2D eigenvalue weighted by Crippen LogP contribution is -2.03. The molecule has 5 nitrogen and oxygen atoms in total. The Morgan fingerprint density at radius 2 is 1.96 bits per heavy atom. The topological polar surface area (TPSA) is 72.3 Å². The monoisotopic (exact) mass is 339 g/mol. The average molecular weight is 339 g/mol. The molecule has 0 aliphatic rings. The fourth-order valence-electron chi connectivity index (χ4n) is 3.06. The predicted octanol–water partition coefficient (Wildman–Crippen LogP) is 4.60. The highest BCUT2D eigenvalue weighted by atomic mass is 16.5. The van der Waals surface area contributed by atoms with Crippen LogP contribution in [0.15, 0.2) is 28.7 Å². The molecule has 0 aliphatic carbocycles. The van der Waals surface area contributed by atoms with Crippen LogP contribution in [0.5, 0.6) is 5.75 Å². The Bertz CT molecular complexity index is 962. The van der Waals surface area contributed by atoms with Crippen molar-refractivity contribution in [3.8, 4) is 5.75 Å². The summed E-state index contributed by atoms with van der Waals surface area (Å²) in [6, 6.07) is 7.23. The van der Waals surface area contributed by atoms with E-state index in [4.69, 9.17) is 9.15 Å². The van der Waals surface area contributed by atoms with Crippen molar-refractivity contribution < 1.29 is 18.7 Å². The van der Waals surface area contributed by atoms with Crippen molar-refractivity contribution in [3.63, 3.8) is 0 Å². The van der Waals surface area contributed by atoms with E-state index in [1.54, 1.807) is 26.0 Å². The maximum Gasteiger partial charge on any atom is 0.244 e. The van der Waals surface area contributed by atoms with Gasteiger partial charge in [0, 0.05) is 22.7 Å². The molecule has 0 atom stereocenters. The molecular formula is C20H21NO4. The average Bonchev–Trinajstić information content (AvgIpc) is 3.12. The molecule has 3 aromatic rings. The van der Waals surface area contributed by atoms with E-state index < -0.39 is 0 Å². The summed E-state index contributed by atoms with van der Waals surface area (Å²) < 4.78 is 11.3. The number of hydrogen-bond acceptors (Lipinski definition) is 4. The van der Waals surface area contributed by atoms with Crippen molar-refractivity contribution in [2.45, 2.75) is 34.1 Å². The fourth-order valence-corrected chi connectivity index (χ4v) is 3.06. The molecule has 1 aromatic carbocycles. The number of ether oxygens (including phenoxy) is 1. The van der Waals surface area contributed by atoms with Gasteiger partial charge in [0.15, 0.2) is 11.5 Å². The molecule has 130 valence electrons. The lowest BCUT2D eigenvalue weighted by molar-refractivity contribution is 0.100. The molecular weight excluding hydrogens is 318 g/mol. The molecule has 25 heavy (non-hydrogen) atoms. The van der Waals surface area contributed by atoms with E-state index in [2.05, 4.69) is 4.98 Å². The number of aryl methyl sites for hydroxylation is 1. The van der Waals surface area contributed by atoms with Crippen molar-refractivity contribution in [2.24, 2.45) is 0 Å². The van der Waals surface area contributed by atoms with E-state index in [0.717, 1.165) is 11.8 Å². The molecule has 2 heterocycles. The van der Waals surface area contributed by atoms with Gasteiger partial charge in [0.25, 0.3) is 0 Å². The van der Waals surface area contributed by atoms with Crippen LogP contribution in [0.3, 0.4) is 0 Å². The molecule has 2 aromatic heterocycles. The van der Waals surface area contributed by atoms with Crippen molar-refractivity contribution in [3.05, 3.63) is 52.5 Å². The molecule has 0 amide bonds. The number of rotatable bonds is 6. The summed E-state index contributed by atoms with van der Waals surface area (Å²) in [7, 11) is 0. The lowest BCUT2D eigenvalue weighted by Gasteiger charge is -2.02. The summed E-state index contributed by atoms with van der Waals surface area (Å²) in [5.74, 6) is 0.628. The number of aromatic nitrogens is 1. The molecule has 0 aliphatic heterocycles. The second-order valence-electron chi connectivity index (χ2n) is 6.17. The number of carbonyl (C=O) groups is 2. The standard InChI is InChI=1S/C20H21NO4/c1-5-8-24-15-7-6-14-9-17(25-16(14)10-15)20(23)19-11(2)18(13(4)22)12(3)21-19/h6-7,9-10,21H,5,8H2,1-4H3. The Morgan fingerprint density at radius 1 is 1.20 bits per heavy atom. The number of aromatic amines is 1. The van der Waals surface area contributed by atoms with Crippen LogP contribution in [0.2, 0.25) is 0 Å². The third-order valence-corrected chi connectivity index (χ3v) is 4.20. The fraction of sp³-hybridized carbons (Fsp3) is 0.300. The lowest BCUT2D eigenvalue weighted by atomic mass is 10.0. The van der Waals surface area contributed by atoms with Gasteiger partial charge in [-0.2, -0.15) is 0 Å². The SMILES string of the molecule is CCCOc1ccc2cc(C(=O)c3[nH]c(C)c(C(C)=O)c3C)oc2c1. The van der Waals surface area contributed by atoms with Gasteiger partial charge < -0.3 is 14.1 Å². The molecule has 0 radical (unpaired) electrons. The highest BCUT2D eigenvalue weighted by Crippen LogP contribution is 2.27. The van der Waals surface area contributed by atoms with Crippen LogP contribution < -0.4 is 4.74 Å². The van der Waals surface area contributed by atoms with Gasteiger partial charge in [0.2, 0.25) is 5.78 Å². The zero-order valence-corrected chi connectivity index (χ0v) is 14.9. The summed E-state index contributed by atoms with van der Waals surface area (Å²) in [5.41, 5.74) is 2.91. The molecule has 0 spiro atoms. The molecule has 0 unspecified atom stereocenters. The normalized spacial score (nSPS) is 11.0. The van der Waals surface area contributed by atoms with Gasteiger partial charge in [-0.1, -0.05) is 6.92 Å². The minimum absolute atomic E-state index is 0.0624. The van der Waals surface area contributed by atoms with Crippen LogP contribution >= 0.6 is 0 Å². The number of Topliss-reactive ketones (excluding diaryl/α,β-unsaturated/α-hetero) is 1. The van der Waals surface area contributed by atoms with E-state index in [1.807, 2.05) is 19.1 Å². The van der Waals surface area contributed by atoms with Crippen LogP contribution in [0, 0.1) is 13.8 Å². The first-order valence-corrected chi connectivity index (χ1v) is 8.33. The number of H-pyrrole nitrogens is 1. The molecule has 0 saturated carbocycles. The van der Waals surface area contributed by atoms with Crippen molar-refractivity contribution in [2.75, 3.05) is 6.61 Å². The summed E-state index contributed by atoms with van der Waals surface area (Å²) in [4.78, 5) is 27.6. The highest BCUT2D eigenvalue weighted by Gasteiger charge is 2.23. The van der Waals surface area contributed by atoms with Gasteiger partial charge in [-0.05, 0) is 51.0 Å². The first-order chi connectivity index (χ1) is 11.9. The van der Waals surface area contributed by atoms with Gasteiger partial charge >= 0.3 is 0 Å². The van der Waals surface area contributed by atoms with E-state index in [1.165, 1.54) is 6.92 Å². The van der Waals surface area contributed by atoms with Crippen LogP contribution in [-0.2, 0) is 0 Å². The van der Waals surface area contributed by atoms with Gasteiger partial charge in [0.1, 0.15) is 11.3 Å². The largest absolute Gasteiger partial charge is 0.493 e. The second kappa shape index (κ2) is 6.59. The third-order valence-electron chi connectivity index (χ3n) is 4.20. The zero-order chi connectivity index (χ0) is 18.1. The Morgan fingerprint density at radius 3 is 2.60 bits per heavy atom. The van der Waals surface area contributed by atoms with Crippen LogP contribution in [0.1, 0.15) is 58.1 Å². The van der Waals surface area contributed by atoms with Gasteiger partial charge in [-0.3, -0.25) is 9.59 Å². The first kappa shape index (κ1) is 17.0. The molecule has 0 fully saturated rings. The zero-order valence-electron chi connectivity index (χ0n) is 14.9. The van der Waals surface area contributed by atoms with Crippen LogP contribution in [0.4, 0.5) is 0 Å². The van der Waals surface area contributed by atoms with Crippen LogP contribution in [-0.4, -0.2) is 23.2 Å². The summed E-state index contributed by atoms with van der Waals surface area (Å²) in [6.45, 7) is 7.73. The number of furan rings is 1. The van der Waals surface area contributed by atoms with E-state index in [0.29, 0.717) is 40.5 Å². The number of ketones is 2. The number of hydrogen-bond donors (Lipinski definition) is 1. The number of fused-ring (bicyclic) bond motifs is 1. The summed E-state index contributed by atoms with van der Waals surface area (Å²) >= 11 is 0. The minimum Gasteiger partial charge on any atom is -0.493 e. The highest BCUT2D eigenvalue weighted by molar-refractivity contribution is 6.11. The van der Waals surface area contributed by atoms with Crippen molar-refractivity contribution in [1.82, 2.24) is 4.98 Å². The molecule has 1 N–H and O–H groups in total. The summed E-state index contributed by atoms with van der Waals surface area (Å²) in [5, 5.41) is 0.833. The second-order valence-corrected chi connectivity index (χ2v) is 6.17. The van der Waals surface area contributed by atoms with Crippen LogP contribution in [0.25, 0.3) is 11.0 Å². The maximum atomic E-state index is 12.8. The predicted molar refractivity (Wildman–Crippen MR) is 95.7 cm³/mol. The Hall–Kier alpha value is -2.82. The van der Waals surface area contributed by atoms with Crippen molar-refractivity contribution in [1.29, 1.82) is 0 Å². The minimum atomic E-state index is -0.264. The maximum absolute atomic E-state index is 12.8. The van der Waals surface area contributed by atoms with E-state index in [9.17, 15) is 9.59 Å². The quantitative estimate of drug-likeness (QED) is 0.666. The Kier molecular flexibility index (Phi) is 4.49. The number of nitrogens with one attached hydrogen (secondary N) is 1. The van der Waals surface area contributed by atoms with E-state index >= 15 is 0 Å². The molecule has 3 rings (SSSR count). The number of carbonyl (C=O) groups excluding carboxylic acids is 2. The van der Waals surface area contributed by atoms with Gasteiger partial charge in [0.05, 0.1) is 12.3 Å². The number of benzene rings is 1. The smallest absolute Gasteiger partial charge is 0.244 e. The summed E-state index contributed by atoms with van der Waals surface area (Å²) in [6.07, 6.45) is 0.920. The Balaban J connectivity index is 1.97. The molecule has 5 heteroatoms. The van der Waals surface area contributed by atoms with Crippen molar-refractivity contribution >= 4 is 22.5 Å². The van der Waals surface area contributed by atoms with Gasteiger partial charge in [-0.15, -0.1) is 0 Å². The first-order valence-electron chi connectivity index (χ1n) is 8.33. The third kappa shape index (κ3) is 3.09. The van der Waals surface area contributed by atoms with E-state index in [-0.39, 0.29) is 17.3 Å².